The lowest BCUT2D eigenvalue weighted by molar-refractivity contribution is 0.200. The minimum atomic E-state index is -0.430. The number of rotatable bonds is 7. The largest absolute Gasteiger partial charge is 0.497 e. The van der Waals surface area contributed by atoms with Gasteiger partial charge in [-0.25, -0.2) is 4.68 Å². The molecule has 0 saturated carbocycles. The van der Waals surface area contributed by atoms with Gasteiger partial charge < -0.3 is 19.0 Å². The molecule has 6 rings (SSSR count). The number of H-pyrrole nitrogens is 1. The van der Waals surface area contributed by atoms with Gasteiger partial charge in [-0.15, -0.1) is 5.10 Å². The van der Waals surface area contributed by atoms with Gasteiger partial charge >= 0.3 is 0 Å². The number of furan rings is 1. The summed E-state index contributed by atoms with van der Waals surface area (Å²) in [6, 6.07) is 17.6. The Bertz CT molecular complexity index is 1630. The van der Waals surface area contributed by atoms with Gasteiger partial charge in [0.1, 0.15) is 24.1 Å². The maximum atomic E-state index is 13.6. The summed E-state index contributed by atoms with van der Waals surface area (Å²) < 4.78 is 12.6. The van der Waals surface area contributed by atoms with E-state index in [1.165, 1.54) is 0 Å². The molecule has 1 atom stereocenters. The van der Waals surface area contributed by atoms with Gasteiger partial charge in [0.2, 0.25) is 0 Å². The second-order valence-corrected chi connectivity index (χ2v) is 9.94. The number of anilines is 1. The van der Waals surface area contributed by atoms with E-state index in [0.29, 0.717) is 17.9 Å². The molecule has 1 fully saturated rings. The Kier molecular flexibility index (Phi) is 6.62. The van der Waals surface area contributed by atoms with Crippen LogP contribution in [0.25, 0.3) is 10.9 Å². The highest BCUT2D eigenvalue weighted by Crippen LogP contribution is 2.31. The lowest BCUT2D eigenvalue weighted by Gasteiger charge is -2.39. The van der Waals surface area contributed by atoms with E-state index < -0.39 is 6.04 Å². The summed E-state index contributed by atoms with van der Waals surface area (Å²) in [5, 5.41) is 13.7. The molecular formula is C29H31N7O3. The second kappa shape index (κ2) is 10.4. The molecule has 39 heavy (non-hydrogen) atoms. The van der Waals surface area contributed by atoms with Crippen LogP contribution in [0.15, 0.2) is 70.1 Å². The highest BCUT2D eigenvalue weighted by Gasteiger charge is 2.33. The number of nitrogens with zero attached hydrogens (tertiary/aromatic N) is 6. The van der Waals surface area contributed by atoms with Gasteiger partial charge in [-0.1, -0.05) is 12.1 Å². The van der Waals surface area contributed by atoms with Crippen molar-refractivity contribution in [2.75, 3.05) is 38.2 Å². The fraction of sp³-hybridized carbons (Fsp3) is 0.310. The van der Waals surface area contributed by atoms with Crippen LogP contribution in [-0.4, -0.2) is 63.4 Å². The first kappa shape index (κ1) is 24.9. The summed E-state index contributed by atoms with van der Waals surface area (Å²) in [5.41, 5.74) is 4.64. The van der Waals surface area contributed by atoms with E-state index in [4.69, 9.17) is 9.15 Å². The van der Waals surface area contributed by atoms with Crippen LogP contribution in [0.2, 0.25) is 0 Å². The Balaban J connectivity index is 1.38. The van der Waals surface area contributed by atoms with Crippen LogP contribution in [0.5, 0.6) is 5.75 Å². The molecule has 0 spiro atoms. The molecule has 0 radical (unpaired) electrons. The minimum Gasteiger partial charge on any atom is -0.497 e. The Labute approximate surface area is 225 Å². The normalized spacial score (nSPS) is 15.1. The maximum absolute atomic E-state index is 13.6. The molecule has 4 heterocycles. The predicted octanol–water partition coefficient (Wildman–Crippen LogP) is 3.69. The third-order valence-electron chi connectivity index (χ3n) is 7.57. The Morgan fingerprint density at radius 3 is 2.51 bits per heavy atom. The third kappa shape index (κ3) is 4.79. The fourth-order valence-electron chi connectivity index (χ4n) is 5.40. The number of hydrogen-bond donors (Lipinski definition) is 1. The number of piperazine rings is 1. The van der Waals surface area contributed by atoms with Crippen LogP contribution in [0.3, 0.4) is 0 Å². The molecule has 1 aliphatic heterocycles. The van der Waals surface area contributed by atoms with E-state index in [-0.39, 0.29) is 5.56 Å². The van der Waals surface area contributed by atoms with E-state index in [2.05, 4.69) is 55.4 Å². The van der Waals surface area contributed by atoms with Crippen molar-refractivity contribution in [2.45, 2.75) is 26.4 Å². The van der Waals surface area contributed by atoms with Gasteiger partial charge in [-0.3, -0.25) is 9.69 Å². The number of aromatic nitrogens is 5. The second-order valence-electron chi connectivity index (χ2n) is 9.94. The molecule has 1 saturated heterocycles. The monoisotopic (exact) mass is 525 g/mol. The lowest BCUT2D eigenvalue weighted by atomic mass is 9.99. The number of methoxy groups -OCH3 is 1. The minimum absolute atomic E-state index is 0.133. The van der Waals surface area contributed by atoms with Crippen molar-refractivity contribution in [3.05, 3.63) is 99.5 Å². The van der Waals surface area contributed by atoms with Crippen molar-refractivity contribution >= 4 is 16.6 Å². The zero-order chi connectivity index (χ0) is 26.9. The molecule has 3 aromatic heterocycles. The van der Waals surface area contributed by atoms with Gasteiger partial charge in [-0.2, -0.15) is 0 Å². The highest BCUT2D eigenvalue weighted by molar-refractivity contribution is 5.85. The number of aryl methyl sites for hydroxylation is 2. The third-order valence-corrected chi connectivity index (χ3v) is 7.57. The van der Waals surface area contributed by atoms with Gasteiger partial charge in [0.15, 0.2) is 5.82 Å². The van der Waals surface area contributed by atoms with Crippen molar-refractivity contribution in [2.24, 2.45) is 0 Å². The smallest absolute Gasteiger partial charge is 0.253 e. The van der Waals surface area contributed by atoms with Crippen molar-refractivity contribution in [3.8, 4) is 5.75 Å². The van der Waals surface area contributed by atoms with Gasteiger partial charge in [0.25, 0.3) is 5.56 Å². The number of ether oxygens (including phenoxy) is 1. The lowest BCUT2D eigenvalue weighted by Crippen LogP contribution is -2.49. The molecule has 0 bridgehead atoms. The first-order valence-corrected chi connectivity index (χ1v) is 13.1. The molecule has 10 heteroatoms. The van der Waals surface area contributed by atoms with Crippen LogP contribution >= 0.6 is 0 Å². The Hall–Kier alpha value is -4.44. The molecule has 200 valence electrons. The Morgan fingerprint density at radius 1 is 1.03 bits per heavy atom. The average molecular weight is 526 g/mol. The zero-order valence-electron chi connectivity index (χ0n) is 22.3. The van der Waals surface area contributed by atoms with Crippen LogP contribution in [-0.2, 0) is 6.54 Å². The number of pyridine rings is 1. The van der Waals surface area contributed by atoms with E-state index in [1.54, 1.807) is 18.1 Å². The molecule has 1 aliphatic rings. The van der Waals surface area contributed by atoms with Crippen LogP contribution < -0.4 is 15.2 Å². The SMILES string of the molecule is COc1ccc(N2CCN([C@@H](c3cc4c(C)ccc(C)c4[nH]c3=O)c3nnnn3Cc3ccco3)CC2)cc1. The topological polar surface area (TPSA) is 105 Å². The first-order valence-electron chi connectivity index (χ1n) is 13.1. The maximum Gasteiger partial charge on any atom is 0.253 e. The number of fused-ring (bicyclic) bond motifs is 1. The quantitative estimate of drug-likeness (QED) is 0.343. The molecule has 0 aliphatic carbocycles. The summed E-state index contributed by atoms with van der Waals surface area (Å²) in [5.74, 6) is 2.19. The number of hydrogen-bond acceptors (Lipinski definition) is 8. The van der Waals surface area contributed by atoms with Crippen molar-refractivity contribution in [1.82, 2.24) is 30.1 Å². The highest BCUT2D eigenvalue weighted by atomic mass is 16.5. The summed E-state index contributed by atoms with van der Waals surface area (Å²) in [6.07, 6.45) is 1.63. The van der Waals surface area contributed by atoms with Crippen LogP contribution in [0.1, 0.15) is 34.3 Å². The van der Waals surface area contributed by atoms with Gasteiger partial charge in [0.05, 0.1) is 18.9 Å². The number of benzene rings is 2. The van der Waals surface area contributed by atoms with Gasteiger partial charge in [-0.05, 0) is 77.9 Å². The van der Waals surface area contributed by atoms with Crippen LogP contribution in [0, 0.1) is 13.8 Å². The molecule has 10 nitrogen and oxygen atoms in total. The van der Waals surface area contributed by atoms with Crippen LogP contribution in [0.4, 0.5) is 5.69 Å². The standard InChI is InChI=1S/C29H31N7O3/c1-19-6-7-20(2)26-24(19)17-25(29(37)30-26)27(28-31-32-33-36(28)18-23-5-4-16-39-23)35-14-12-34(13-15-35)21-8-10-22(38-3)11-9-21/h4-11,16-17,27H,12-15,18H2,1-3H3,(H,30,37)/t27-/m0/s1. The fourth-order valence-corrected chi connectivity index (χ4v) is 5.40. The molecule has 1 N–H and O–H groups in total. The zero-order valence-corrected chi connectivity index (χ0v) is 22.3. The first-order chi connectivity index (χ1) is 19.0. The molecule has 2 aromatic carbocycles. The molecule has 5 aromatic rings. The van der Waals surface area contributed by atoms with E-state index >= 15 is 0 Å². The van der Waals surface area contributed by atoms with E-state index in [9.17, 15) is 4.79 Å². The number of nitrogens with one attached hydrogen (secondary N) is 1. The number of aromatic amines is 1. The predicted molar refractivity (Wildman–Crippen MR) is 148 cm³/mol. The van der Waals surface area contributed by atoms with E-state index in [0.717, 1.165) is 65.4 Å². The molecule has 0 amide bonds. The average Bonchev–Trinajstić information content (AvgIpc) is 3.65. The van der Waals surface area contributed by atoms with Crippen molar-refractivity contribution in [1.29, 1.82) is 0 Å². The molecule has 0 unspecified atom stereocenters. The van der Waals surface area contributed by atoms with Crippen molar-refractivity contribution < 1.29 is 9.15 Å². The van der Waals surface area contributed by atoms with Gasteiger partial charge in [0, 0.05) is 42.8 Å². The molecular weight excluding hydrogens is 494 g/mol. The summed E-state index contributed by atoms with van der Waals surface area (Å²) in [7, 11) is 1.67. The number of tetrazole rings is 1. The Morgan fingerprint density at radius 2 is 1.79 bits per heavy atom. The van der Waals surface area contributed by atoms with Crippen molar-refractivity contribution in [3.63, 3.8) is 0 Å². The summed E-state index contributed by atoms with van der Waals surface area (Å²) in [6.45, 7) is 7.51. The van der Waals surface area contributed by atoms with E-state index in [1.807, 2.05) is 43.3 Å². The summed E-state index contributed by atoms with van der Waals surface area (Å²) >= 11 is 0. The summed E-state index contributed by atoms with van der Waals surface area (Å²) in [4.78, 5) is 21.4.